The van der Waals surface area contributed by atoms with Gasteiger partial charge in [-0.1, -0.05) is 11.6 Å². The average Bonchev–Trinajstić information content (AvgIpc) is 2.33. The summed E-state index contributed by atoms with van der Waals surface area (Å²) in [4.78, 5) is 7.98. The second-order valence-corrected chi connectivity index (χ2v) is 4.10. The summed E-state index contributed by atoms with van der Waals surface area (Å²) in [5.41, 5.74) is 6.50. The van der Waals surface area contributed by atoms with Gasteiger partial charge in [-0.15, -0.1) is 0 Å². The van der Waals surface area contributed by atoms with Crippen LogP contribution in [0.1, 0.15) is 11.3 Å². The summed E-state index contributed by atoms with van der Waals surface area (Å²) >= 11 is 5.85. The maximum absolute atomic E-state index is 7.20. The van der Waals surface area contributed by atoms with Gasteiger partial charge in [-0.3, -0.25) is 5.41 Å². The van der Waals surface area contributed by atoms with E-state index in [1.165, 1.54) is 12.4 Å². The van der Waals surface area contributed by atoms with Gasteiger partial charge in [-0.05, 0) is 30.7 Å². The molecule has 92 valence electrons. The minimum atomic E-state index is -0.128. The summed E-state index contributed by atoms with van der Waals surface area (Å²) in [5, 5.41) is 7.86. The molecule has 0 atom stereocenters. The van der Waals surface area contributed by atoms with Crippen LogP contribution in [-0.2, 0) is 0 Å². The first-order valence-electron chi connectivity index (χ1n) is 5.16. The summed E-state index contributed by atoms with van der Waals surface area (Å²) in [5.74, 6) is 0.867. The average molecular weight is 263 g/mol. The van der Waals surface area contributed by atoms with Gasteiger partial charge in [-0.2, -0.15) is 0 Å². The molecule has 1 aromatic carbocycles. The summed E-state index contributed by atoms with van der Waals surface area (Å²) < 4.78 is 5.56. The SMILES string of the molecule is Cc1cc(Cl)ccc1Oc1cnc(C(=N)N)cn1. The number of nitrogen functional groups attached to an aromatic ring is 1. The highest BCUT2D eigenvalue weighted by atomic mass is 35.5. The van der Waals surface area contributed by atoms with Crippen LogP contribution < -0.4 is 10.5 Å². The van der Waals surface area contributed by atoms with E-state index in [9.17, 15) is 0 Å². The number of aryl methyl sites for hydroxylation is 1. The van der Waals surface area contributed by atoms with Crippen molar-refractivity contribution in [3.63, 3.8) is 0 Å². The van der Waals surface area contributed by atoms with Crippen LogP contribution >= 0.6 is 11.6 Å². The van der Waals surface area contributed by atoms with E-state index in [1.807, 2.05) is 6.92 Å². The normalized spacial score (nSPS) is 10.1. The van der Waals surface area contributed by atoms with Crippen molar-refractivity contribution in [3.05, 3.63) is 46.9 Å². The molecule has 5 nitrogen and oxygen atoms in total. The predicted octanol–water partition coefficient (Wildman–Crippen LogP) is 2.51. The lowest BCUT2D eigenvalue weighted by Gasteiger charge is -2.07. The first-order chi connectivity index (χ1) is 8.56. The maximum atomic E-state index is 7.20. The zero-order valence-electron chi connectivity index (χ0n) is 9.64. The summed E-state index contributed by atoms with van der Waals surface area (Å²) in [6.07, 6.45) is 2.81. The minimum absolute atomic E-state index is 0.128. The lowest BCUT2D eigenvalue weighted by atomic mass is 10.2. The Kier molecular flexibility index (Phi) is 3.43. The summed E-state index contributed by atoms with van der Waals surface area (Å²) in [6.45, 7) is 1.89. The van der Waals surface area contributed by atoms with E-state index >= 15 is 0 Å². The van der Waals surface area contributed by atoms with E-state index in [2.05, 4.69) is 9.97 Å². The van der Waals surface area contributed by atoms with Crippen LogP contribution in [0.3, 0.4) is 0 Å². The Hall–Kier alpha value is -2.14. The fourth-order valence-electron chi connectivity index (χ4n) is 1.35. The Morgan fingerprint density at radius 2 is 2.11 bits per heavy atom. The highest BCUT2D eigenvalue weighted by Gasteiger charge is 2.05. The Labute approximate surface area is 109 Å². The molecule has 0 aliphatic rings. The second kappa shape index (κ2) is 5.01. The molecule has 3 N–H and O–H groups in total. The highest BCUT2D eigenvalue weighted by Crippen LogP contribution is 2.25. The van der Waals surface area contributed by atoms with Crippen molar-refractivity contribution in [1.29, 1.82) is 5.41 Å². The van der Waals surface area contributed by atoms with Crippen molar-refractivity contribution in [3.8, 4) is 11.6 Å². The minimum Gasteiger partial charge on any atom is -0.437 e. The molecule has 2 aromatic rings. The molecule has 0 saturated heterocycles. The van der Waals surface area contributed by atoms with Crippen molar-refractivity contribution < 1.29 is 4.74 Å². The van der Waals surface area contributed by atoms with Gasteiger partial charge in [-0.25, -0.2) is 9.97 Å². The smallest absolute Gasteiger partial charge is 0.237 e. The van der Waals surface area contributed by atoms with Crippen molar-refractivity contribution in [2.75, 3.05) is 0 Å². The van der Waals surface area contributed by atoms with E-state index in [1.54, 1.807) is 18.2 Å². The third kappa shape index (κ3) is 2.75. The van der Waals surface area contributed by atoms with E-state index in [4.69, 9.17) is 27.5 Å². The molecule has 2 rings (SSSR count). The zero-order chi connectivity index (χ0) is 13.1. The molecule has 0 radical (unpaired) electrons. The van der Waals surface area contributed by atoms with Gasteiger partial charge < -0.3 is 10.5 Å². The van der Waals surface area contributed by atoms with Gasteiger partial charge >= 0.3 is 0 Å². The molecule has 0 unspecified atom stereocenters. The van der Waals surface area contributed by atoms with Crippen LogP contribution in [0.4, 0.5) is 0 Å². The lowest BCUT2D eigenvalue weighted by molar-refractivity contribution is 0.456. The number of ether oxygens (including phenoxy) is 1. The fourth-order valence-corrected chi connectivity index (χ4v) is 1.57. The molecule has 0 bridgehead atoms. The number of hydrogen-bond acceptors (Lipinski definition) is 4. The predicted molar refractivity (Wildman–Crippen MR) is 69.3 cm³/mol. The van der Waals surface area contributed by atoms with E-state index in [-0.39, 0.29) is 5.84 Å². The van der Waals surface area contributed by atoms with Crippen LogP contribution in [0, 0.1) is 12.3 Å². The van der Waals surface area contributed by atoms with E-state index in [0.29, 0.717) is 22.3 Å². The van der Waals surface area contributed by atoms with Crippen molar-refractivity contribution in [1.82, 2.24) is 9.97 Å². The largest absolute Gasteiger partial charge is 0.437 e. The van der Waals surface area contributed by atoms with Crippen LogP contribution in [0.5, 0.6) is 11.6 Å². The van der Waals surface area contributed by atoms with Crippen LogP contribution in [0.2, 0.25) is 5.02 Å². The molecule has 1 aromatic heterocycles. The molecule has 0 aliphatic heterocycles. The molecule has 0 aliphatic carbocycles. The third-order valence-electron chi connectivity index (χ3n) is 2.26. The topological polar surface area (TPSA) is 84.9 Å². The maximum Gasteiger partial charge on any atom is 0.237 e. The molecule has 6 heteroatoms. The molecule has 0 fully saturated rings. The van der Waals surface area contributed by atoms with Crippen LogP contribution in [0.15, 0.2) is 30.6 Å². The van der Waals surface area contributed by atoms with Crippen molar-refractivity contribution >= 4 is 17.4 Å². The number of rotatable bonds is 3. The number of halogens is 1. The Balaban J connectivity index is 2.21. The molecule has 1 heterocycles. The van der Waals surface area contributed by atoms with Gasteiger partial charge in [0.1, 0.15) is 17.3 Å². The van der Waals surface area contributed by atoms with Crippen LogP contribution in [0.25, 0.3) is 0 Å². The van der Waals surface area contributed by atoms with Crippen LogP contribution in [-0.4, -0.2) is 15.8 Å². The molecule has 18 heavy (non-hydrogen) atoms. The highest BCUT2D eigenvalue weighted by molar-refractivity contribution is 6.30. The number of nitrogens with two attached hydrogens (primary N) is 1. The van der Waals surface area contributed by atoms with Crippen molar-refractivity contribution in [2.45, 2.75) is 6.92 Å². The van der Waals surface area contributed by atoms with E-state index < -0.39 is 0 Å². The lowest BCUT2D eigenvalue weighted by Crippen LogP contribution is -2.13. The second-order valence-electron chi connectivity index (χ2n) is 3.67. The number of nitrogens with one attached hydrogen (secondary N) is 1. The first kappa shape index (κ1) is 12.3. The van der Waals surface area contributed by atoms with Crippen molar-refractivity contribution in [2.24, 2.45) is 5.73 Å². The van der Waals surface area contributed by atoms with Gasteiger partial charge in [0.25, 0.3) is 0 Å². The number of amidine groups is 1. The monoisotopic (exact) mass is 262 g/mol. The molecular formula is C12H11ClN4O. The summed E-state index contributed by atoms with van der Waals surface area (Å²) in [6, 6.07) is 5.30. The van der Waals surface area contributed by atoms with E-state index in [0.717, 1.165) is 5.56 Å². The summed E-state index contributed by atoms with van der Waals surface area (Å²) in [7, 11) is 0. The third-order valence-corrected chi connectivity index (χ3v) is 2.49. The standard InChI is InChI=1S/C12H11ClN4O/c1-7-4-8(13)2-3-10(7)18-11-6-16-9(5-17-11)12(14)15/h2-6H,1H3,(H3,14,15). The number of nitrogens with zero attached hydrogens (tertiary/aromatic N) is 2. The number of benzene rings is 1. The Morgan fingerprint density at radius 1 is 1.33 bits per heavy atom. The quantitative estimate of drug-likeness (QED) is 0.657. The first-order valence-corrected chi connectivity index (χ1v) is 5.54. The molecule has 0 spiro atoms. The van der Waals surface area contributed by atoms with Gasteiger partial charge in [0.2, 0.25) is 5.88 Å². The Morgan fingerprint density at radius 3 is 2.67 bits per heavy atom. The molecule has 0 saturated carbocycles. The van der Waals surface area contributed by atoms with Gasteiger partial charge in [0.15, 0.2) is 0 Å². The number of aromatic nitrogens is 2. The van der Waals surface area contributed by atoms with Gasteiger partial charge in [0, 0.05) is 5.02 Å². The molecular weight excluding hydrogens is 252 g/mol. The number of hydrogen-bond donors (Lipinski definition) is 2. The fraction of sp³-hybridized carbons (Fsp3) is 0.0833. The zero-order valence-corrected chi connectivity index (χ0v) is 10.4. The molecule has 0 amide bonds. The Bertz CT molecular complexity index is 583. The van der Waals surface area contributed by atoms with Gasteiger partial charge in [0.05, 0.1) is 12.4 Å².